The summed E-state index contributed by atoms with van der Waals surface area (Å²) in [7, 11) is 0. The van der Waals surface area contributed by atoms with Crippen LogP contribution in [0.5, 0.6) is 0 Å². The topological polar surface area (TPSA) is 9.23 Å². The Hall–Kier alpha value is -0.840. The summed E-state index contributed by atoms with van der Waals surface area (Å²) in [6, 6.07) is 0. The Bertz CT molecular complexity index is 161. The molecule has 0 aromatic carbocycles. The molecule has 5 heteroatoms. The van der Waals surface area contributed by atoms with Gasteiger partial charge in [-0.05, 0) is 25.0 Å². The molecule has 76 valence electrons. The van der Waals surface area contributed by atoms with Crippen LogP contribution in [0, 0.1) is 0 Å². The van der Waals surface area contributed by atoms with Gasteiger partial charge in [0.2, 0.25) is 0 Å². The van der Waals surface area contributed by atoms with E-state index in [1.165, 1.54) is 0 Å². The van der Waals surface area contributed by atoms with E-state index in [-0.39, 0.29) is 26.1 Å². The zero-order chi connectivity index (χ0) is 10.1. The van der Waals surface area contributed by atoms with Gasteiger partial charge in [-0.1, -0.05) is 0 Å². The van der Waals surface area contributed by atoms with E-state index in [0.717, 1.165) is 12.2 Å². The van der Waals surface area contributed by atoms with Crippen molar-refractivity contribution in [1.82, 2.24) is 0 Å². The second-order valence-corrected chi connectivity index (χ2v) is 2.18. The molecule has 0 saturated carbocycles. The van der Waals surface area contributed by atoms with Crippen molar-refractivity contribution >= 4 is 0 Å². The summed E-state index contributed by atoms with van der Waals surface area (Å²) in [4.78, 5) is 0. The summed E-state index contributed by atoms with van der Waals surface area (Å²) in [5.41, 5.74) is 0. The lowest BCUT2D eigenvalue weighted by atomic mass is 10.4. The Labute approximate surface area is 73.7 Å². The molecule has 0 radical (unpaired) electrons. The van der Waals surface area contributed by atoms with E-state index >= 15 is 0 Å². The van der Waals surface area contributed by atoms with E-state index < -0.39 is 12.2 Å². The van der Waals surface area contributed by atoms with E-state index in [1.54, 1.807) is 0 Å². The van der Waals surface area contributed by atoms with Gasteiger partial charge >= 0.3 is 0 Å². The maximum atomic E-state index is 11.4. The van der Waals surface area contributed by atoms with Gasteiger partial charge in [0.1, 0.15) is 0 Å². The van der Waals surface area contributed by atoms with Gasteiger partial charge in [0, 0.05) is 0 Å². The number of halogens is 4. The molecular weight excluding hydrogens is 188 g/mol. The Kier molecular flexibility index (Phi) is 7.29. The van der Waals surface area contributed by atoms with Crippen molar-refractivity contribution in [3.8, 4) is 0 Å². The van der Waals surface area contributed by atoms with Crippen molar-refractivity contribution < 1.29 is 22.3 Å². The number of ether oxygens (including phenoxy) is 1. The average molecular weight is 198 g/mol. The van der Waals surface area contributed by atoms with Crippen LogP contribution >= 0.6 is 0 Å². The van der Waals surface area contributed by atoms with Crippen LogP contribution in [0.15, 0.2) is 24.3 Å². The molecule has 0 rings (SSSR count). The molecule has 0 heterocycles. The molecule has 0 amide bonds. The summed E-state index contributed by atoms with van der Waals surface area (Å²) < 4.78 is 50.4. The molecule has 0 aliphatic carbocycles. The van der Waals surface area contributed by atoms with Gasteiger partial charge in [-0.2, -0.15) is 17.6 Å². The van der Waals surface area contributed by atoms with Gasteiger partial charge in [-0.15, -0.1) is 0 Å². The highest BCUT2D eigenvalue weighted by molar-refractivity contribution is 4.81. The van der Waals surface area contributed by atoms with Gasteiger partial charge in [0.25, 0.3) is 12.2 Å². The number of hydrogen-bond donors (Lipinski definition) is 0. The quantitative estimate of drug-likeness (QED) is 0.469. The monoisotopic (exact) mass is 198 g/mol. The first kappa shape index (κ1) is 12.2. The van der Waals surface area contributed by atoms with Crippen molar-refractivity contribution in [1.29, 1.82) is 0 Å². The number of hydrogen-bond acceptors (Lipinski definition) is 1. The standard InChI is InChI=1S/C8H10F4O/c9-7(10)3-1-5-13-6-2-4-8(11)12/h3-4H,1-2,5-6H2. The molecule has 0 bridgehead atoms. The minimum absolute atomic E-state index is 0.101. The summed E-state index contributed by atoms with van der Waals surface area (Å²) >= 11 is 0. The Balaban J connectivity index is 3.18. The first-order valence-corrected chi connectivity index (χ1v) is 3.73. The van der Waals surface area contributed by atoms with Gasteiger partial charge in [-0.3, -0.25) is 0 Å². The predicted octanol–water partition coefficient (Wildman–Crippen LogP) is 3.34. The second kappa shape index (κ2) is 7.79. The van der Waals surface area contributed by atoms with E-state index in [2.05, 4.69) is 0 Å². The van der Waals surface area contributed by atoms with Crippen LogP contribution < -0.4 is 0 Å². The fraction of sp³-hybridized carbons (Fsp3) is 0.500. The van der Waals surface area contributed by atoms with Crippen molar-refractivity contribution in [2.45, 2.75) is 12.8 Å². The molecule has 0 atom stereocenters. The summed E-state index contributed by atoms with van der Waals surface area (Å²) in [5, 5.41) is 0. The third kappa shape index (κ3) is 11.2. The lowest BCUT2D eigenvalue weighted by molar-refractivity contribution is 0.142. The van der Waals surface area contributed by atoms with Gasteiger partial charge in [0.15, 0.2) is 0 Å². The normalized spacial score (nSPS) is 9.54. The van der Waals surface area contributed by atoms with Crippen molar-refractivity contribution in [3.63, 3.8) is 0 Å². The largest absolute Gasteiger partial charge is 0.381 e. The first-order valence-electron chi connectivity index (χ1n) is 3.73. The molecule has 0 spiro atoms. The molecule has 0 aliphatic rings. The third-order valence-electron chi connectivity index (χ3n) is 1.12. The highest BCUT2D eigenvalue weighted by atomic mass is 19.3. The molecule has 0 aliphatic heterocycles. The van der Waals surface area contributed by atoms with Crippen LogP contribution in [0.3, 0.4) is 0 Å². The van der Waals surface area contributed by atoms with Gasteiger partial charge < -0.3 is 4.74 Å². The lowest BCUT2D eigenvalue weighted by Gasteiger charge is -1.97. The van der Waals surface area contributed by atoms with Crippen LogP contribution in [0.25, 0.3) is 0 Å². The van der Waals surface area contributed by atoms with E-state index in [0.29, 0.717) is 0 Å². The van der Waals surface area contributed by atoms with E-state index in [1.807, 2.05) is 0 Å². The maximum Gasteiger partial charge on any atom is 0.266 e. The van der Waals surface area contributed by atoms with Crippen molar-refractivity contribution in [2.24, 2.45) is 0 Å². The fourth-order valence-electron chi connectivity index (χ4n) is 0.605. The molecule has 13 heavy (non-hydrogen) atoms. The highest BCUT2D eigenvalue weighted by Crippen LogP contribution is 2.00. The lowest BCUT2D eigenvalue weighted by Crippen LogP contribution is -1.94. The van der Waals surface area contributed by atoms with E-state index in [9.17, 15) is 17.6 Å². The zero-order valence-electron chi connectivity index (χ0n) is 6.90. The maximum absolute atomic E-state index is 11.4. The second-order valence-electron chi connectivity index (χ2n) is 2.18. The smallest absolute Gasteiger partial charge is 0.266 e. The van der Waals surface area contributed by atoms with Gasteiger partial charge in [0.05, 0.1) is 13.2 Å². The molecular formula is C8H10F4O. The minimum atomic E-state index is -1.75. The Morgan fingerprint density at radius 3 is 1.54 bits per heavy atom. The van der Waals surface area contributed by atoms with Crippen LogP contribution in [0.4, 0.5) is 17.6 Å². The summed E-state index contributed by atoms with van der Waals surface area (Å²) in [6.07, 6.45) is -1.84. The van der Waals surface area contributed by atoms with Crippen molar-refractivity contribution in [2.75, 3.05) is 13.2 Å². The molecule has 0 N–H and O–H groups in total. The number of rotatable bonds is 6. The fourth-order valence-corrected chi connectivity index (χ4v) is 0.605. The minimum Gasteiger partial charge on any atom is -0.381 e. The van der Waals surface area contributed by atoms with E-state index in [4.69, 9.17) is 4.74 Å². The molecule has 1 nitrogen and oxygen atoms in total. The molecule has 0 fully saturated rings. The van der Waals surface area contributed by atoms with Crippen LogP contribution in [-0.4, -0.2) is 13.2 Å². The highest BCUT2D eigenvalue weighted by Gasteiger charge is 1.90. The molecule has 0 aromatic rings. The summed E-state index contributed by atoms with van der Waals surface area (Å²) in [5.74, 6) is 0. The molecule has 0 aromatic heterocycles. The predicted molar refractivity (Wildman–Crippen MR) is 40.7 cm³/mol. The van der Waals surface area contributed by atoms with Crippen LogP contribution in [0.1, 0.15) is 12.8 Å². The zero-order valence-corrected chi connectivity index (χ0v) is 6.90. The summed E-state index contributed by atoms with van der Waals surface area (Å²) in [6.45, 7) is 0.248. The molecule has 0 unspecified atom stereocenters. The average Bonchev–Trinajstić information content (AvgIpc) is 2.01. The van der Waals surface area contributed by atoms with Crippen LogP contribution in [0.2, 0.25) is 0 Å². The Morgan fingerprint density at radius 2 is 1.23 bits per heavy atom. The molecule has 0 saturated heterocycles. The third-order valence-corrected chi connectivity index (χ3v) is 1.12. The SMILES string of the molecule is FC(F)=CCCOCCC=C(F)F. The van der Waals surface area contributed by atoms with Crippen LogP contribution in [-0.2, 0) is 4.74 Å². The van der Waals surface area contributed by atoms with Crippen molar-refractivity contribution in [3.05, 3.63) is 24.3 Å². The Morgan fingerprint density at radius 1 is 0.846 bits per heavy atom. The first-order chi connectivity index (χ1) is 6.13. The van der Waals surface area contributed by atoms with Gasteiger partial charge in [-0.25, -0.2) is 0 Å².